The molecule has 0 unspecified atom stereocenters. The molecule has 0 N–H and O–H groups in total. The van der Waals surface area contributed by atoms with Crippen molar-refractivity contribution in [2.24, 2.45) is 0 Å². The van der Waals surface area contributed by atoms with E-state index in [0.717, 1.165) is 19.6 Å². The lowest BCUT2D eigenvalue weighted by Crippen LogP contribution is -2.32. The van der Waals surface area contributed by atoms with Gasteiger partial charge in [-0.15, -0.1) is 0 Å². The predicted molar refractivity (Wildman–Crippen MR) is 97.0 cm³/mol. The summed E-state index contributed by atoms with van der Waals surface area (Å²) in [4.78, 5) is 24.0. The Labute approximate surface area is 145 Å². The Morgan fingerprint density at radius 2 is 1.84 bits per heavy atom. The molecule has 3 rings (SSSR count). The van der Waals surface area contributed by atoms with Crippen molar-refractivity contribution in [2.45, 2.75) is 20.4 Å². The molecule has 0 aliphatic heterocycles. The Morgan fingerprint density at radius 1 is 1.12 bits per heavy atom. The van der Waals surface area contributed by atoms with Gasteiger partial charge in [-0.1, -0.05) is 13.8 Å². The van der Waals surface area contributed by atoms with Gasteiger partial charge >= 0.3 is 0 Å². The van der Waals surface area contributed by atoms with Crippen molar-refractivity contribution in [3.05, 3.63) is 58.8 Å². The molecule has 0 amide bonds. The molecule has 2 heterocycles. The topological polar surface area (TPSA) is 51.0 Å². The van der Waals surface area contributed by atoms with Crippen molar-refractivity contribution >= 4 is 11.2 Å². The highest BCUT2D eigenvalue weighted by Crippen LogP contribution is 2.17. The van der Waals surface area contributed by atoms with Gasteiger partial charge in [0.15, 0.2) is 5.65 Å². The molecule has 6 heteroatoms. The zero-order valence-electron chi connectivity index (χ0n) is 14.4. The molecular weight excluding hydrogens is 319 g/mol. The van der Waals surface area contributed by atoms with Crippen LogP contribution in [0.15, 0.2) is 47.4 Å². The van der Waals surface area contributed by atoms with E-state index in [0.29, 0.717) is 29.0 Å². The molecule has 0 bridgehead atoms. The van der Waals surface area contributed by atoms with Crippen LogP contribution in [0.5, 0.6) is 0 Å². The van der Waals surface area contributed by atoms with E-state index in [1.807, 2.05) is 6.07 Å². The molecule has 0 atom stereocenters. The lowest BCUT2D eigenvalue weighted by Gasteiger charge is -2.19. The van der Waals surface area contributed by atoms with E-state index in [-0.39, 0.29) is 11.4 Å². The maximum Gasteiger partial charge on any atom is 0.277 e. The molecule has 0 aliphatic carbocycles. The highest BCUT2D eigenvalue weighted by Gasteiger charge is 2.14. The quantitative estimate of drug-likeness (QED) is 0.692. The molecule has 0 fully saturated rings. The van der Waals surface area contributed by atoms with E-state index < -0.39 is 0 Å². The molecule has 0 saturated heterocycles. The summed E-state index contributed by atoms with van der Waals surface area (Å²) in [6.07, 6.45) is 1.66. The number of fused-ring (bicyclic) bond motifs is 1. The molecule has 0 spiro atoms. The van der Waals surface area contributed by atoms with E-state index in [2.05, 4.69) is 28.7 Å². The van der Waals surface area contributed by atoms with Crippen molar-refractivity contribution in [1.29, 1.82) is 0 Å². The average Bonchev–Trinajstić information content (AvgIpc) is 2.64. The first kappa shape index (κ1) is 17.2. The average molecular weight is 340 g/mol. The van der Waals surface area contributed by atoms with Gasteiger partial charge < -0.3 is 9.47 Å². The standard InChI is InChI=1S/C19H21FN4O/c1-3-23(4-2)12-13-24-16-6-5-11-21-18(16)22-17(19(24)25)14-7-9-15(20)10-8-14/h5-11H,3-4,12-13H2,1-2H3. The summed E-state index contributed by atoms with van der Waals surface area (Å²) < 4.78 is 14.9. The summed E-state index contributed by atoms with van der Waals surface area (Å²) in [7, 11) is 0. The summed E-state index contributed by atoms with van der Waals surface area (Å²) in [6, 6.07) is 9.46. The lowest BCUT2D eigenvalue weighted by molar-refractivity contribution is 0.291. The van der Waals surface area contributed by atoms with Crippen molar-refractivity contribution in [3.63, 3.8) is 0 Å². The van der Waals surface area contributed by atoms with Crippen LogP contribution in [0.25, 0.3) is 22.4 Å². The Balaban J connectivity index is 2.11. The van der Waals surface area contributed by atoms with Crippen LogP contribution in [0.4, 0.5) is 4.39 Å². The third-order valence-electron chi connectivity index (χ3n) is 4.37. The molecule has 0 radical (unpaired) electrons. The zero-order chi connectivity index (χ0) is 17.8. The summed E-state index contributed by atoms with van der Waals surface area (Å²) in [6.45, 7) is 7.38. The highest BCUT2D eigenvalue weighted by atomic mass is 19.1. The number of rotatable bonds is 6. The van der Waals surface area contributed by atoms with Crippen LogP contribution in [0.2, 0.25) is 0 Å². The fourth-order valence-electron chi connectivity index (χ4n) is 2.88. The largest absolute Gasteiger partial charge is 0.302 e. The van der Waals surface area contributed by atoms with E-state index >= 15 is 0 Å². The van der Waals surface area contributed by atoms with Crippen LogP contribution in [-0.2, 0) is 6.54 Å². The van der Waals surface area contributed by atoms with E-state index in [1.54, 1.807) is 29.0 Å². The predicted octanol–water partition coefficient (Wildman–Crippen LogP) is 2.94. The maximum absolute atomic E-state index is 13.2. The fraction of sp³-hybridized carbons (Fsp3) is 0.316. The Hall–Kier alpha value is -2.60. The SMILES string of the molecule is CCN(CC)CCn1c(=O)c(-c2ccc(F)cc2)nc2ncccc21. The van der Waals surface area contributed by atoms with E-state index in [9.17, 15) is 9.18 Å². The summed E-state index contributed by atoms with van der Waals surface area (Å²) in [5.74, 6) is -0.343. The van der Waals surface area contributed by atoms with E-state index in [4.69, 9.17) is 0 Å². The monoisotopic (exact) mass is 340 g/mol. The second kappa shape index (κ2) is 7.53. The van der Waals surface area contributed by atoms with Gasteiger partial charge in [0, 0.05) is 24.8 Å². The molecule has 0 aliphatic rings. The Kier molecular flexibility index (Phi) is 5.19. The minimum atomic E-state index is -0.343. The van der Waals surface area contributed by atoms with Crippen LogP contribution < -0.4 is 5.56 Å². The van der Waals surface area contributed by atoms with Gasteiger partial charge in [0.2, 0.25) is 0 Å². The van der Waals surface area contributed by atoms with Crippen molar-refractivity contribution in [3.8, 4) is 11.3 Å². The van der Waals surface area contributed by atoms with Crippen molar-refractivity contribution < 1.29 is 4.39 Å². The van der Waals surface area contributed by atoms with Crippen molar-refractivity contribution in [1.82, 2.24) is 19.4 Å². The molecule has 5 nitrogen and oxygen atoms in total. The number of hydrogen-bond acceptors (Lipinski definition) is 4. The van der Waals surface area contributed by atoms with Crippen LogP contribution in [0, 0.1) is 5.82 Å². The van der Waals surface area contributed by atoms with Gasteiger partial charge in [0.05, 0.1) is 5.52 Å². The Morgan fingerprint density at radius 3 is 2.52 bits per heavy atom. The lowest BCUT2D eigenvalue weighted by atomic mass is 10.1. The van der Waals surface area contributed by atoms with Gasteiger partial charge in [0.1, 0.15) is 11.5 Å². The summed E-state index contributed by atoms with van der Waals surface area (Å²) in [5, 5.41) is 0. The molecule has 1 aromatic carbocycles. The van der Waals surface area contributed by atoms with Crippen molar-refractivity contribution in [2.75, 3.05) is 19.6 Å². The smallest absolute Gasteiger partial charge is 0.277 e. The number of benzene rings is 1. The Bertz CT molecular complexity index is 917. The van der Waals surface area contributed by atoms with Gasteiger partial charge in [-0.2, -0.15) is 0 Å². The first-order chi connectivity index (χ1) is 12.1. The van der Waals surface area contributed by atoms with Crippen LogP contribution in [-0.4, -0.2) is 39.1 Å². The normalized spacial score (nSPS) is 11.4. The van der Waals surface area contributed by atoms with E-state index in [1.165, 1.54) is 12.1 Å². The fourth-order valence-corrected chi connectivity index (χ4v) is 2.88. The number of nitrogens with zero attached hydrogens (tertiary/aromatic N) is 4. The molecule has 130 valence electrons. The number of pyridine rings is 1. The second-order valence-electron chi connectivity index (χ2n) is 5.80. The molecule has 25 heavy (non-hydrogen) atoms. The molecule has 2 aromatic heterocycles. The number of halogens is 1. The number of hydrogen-bond donors (Lipinski definition) is 0. The molecule has 0 saturated carbocycles. The minimum absolute atomic E-state index is 0.181. The first-order valence-electron chi connectivity index (χ1n) is 8.48. The van der Waals surface area contributed by atoms with Crippen LogP contribution in [0.3, 0.4) is 0 Å². The van der Waals surface area contributed by atoms with Gasteiger partial charge in [-0.3, -0.25) is 4.79 Å². The molecular formula is C19H21FN4O. The first-order valence-corrected chi connectivity index (χ1v) is 8.48. The van der Waals surface area contributed by atoms with Gasteiger partial charge in [0.25, 0.3) is 5.56 Å². The summed E-state index contributed by atoms with van der Waals surface area (Å²) >= 11 is 0. The third-order valence-corrected chi connectivity index (χ3v) is 4.37. The summed E-state index contributed by atoms with van der Waals surface area (Å²) in [5.41, 5.74) is 1.94. The third kappa shape index (κ3) is 3.58. The van der Waals surface area contributed by atoms with Gasteiger partial charge in [-0.05, 0) is 49.5 Å². The second-order valence-corrected chi connectivity index (χ2v) is 5.80. The van der Waals surface area contributed by atoms with Crippen LogP contribution >= 0.6 is 0 Å². The van der Waals surface area contributed by atoms with Crippen LogP contribution in [0.1, 0.15) is 13.8 Å². The molecule has 3 aromatic rings. The number of aromatic nitrogens is 3. The maximum atomic E-state index is 13.2. The van der Waals surface area contributed by atoms with Gasteiger partial charge in [-0.25, -0.2) is 14.4 Å². The zero-order valence-corrected chi connectivity index (χ0v) is 14.4. The number of likely N-dealkylation sites (N-methyl/N-ethyl adjacent to an activating group) is 1. The highest BCUT2D eigenvalue weighted by molar-refractivity contribution is 5.74. The minimum Gasteiger partial charge on any atom is -0.302 e.